The lowest BCUT2D eigenvalue weighted by Gasteiger charge is -2.60. The average molecular weight is 335 g/mol. The number of nitrogens with one attached hydrogen (secondary N) is 1. The van der Waals surface area contributed by atoms with Crippen LogP contribution in [0.25, 0.3) is 11.0 Å². The highest BCUT2D eigenvalue weighted by atomic mass is 32.2. The number of hydrogen-bond acceptors (Lipinski definition) is 4. The van der Waals surface area contributed by atoms with E-state index in [9.17, 15) is 8.42 Å². The summed E-state index contributed by atoms with van der Waals surface area (Å²) in [6, 6.07) is 8.85. The zero-order valence-corrected chi connectivity index (χ0v) is 13.9. The fourth-order valence-electron chi connectivity index (χ4n) is 3.94. The predicted molar refractivity (Wildman–Crippen MR) is 86.6 cm³/mol. The van der Waals surface area contributed by atoms with Crippen LogP contribution in [0.1, 0.15) is 32.6 Å². The highest BCUT2D eigenvalue weighted by Gasteiger charge is 2.59. The number of benzene rings is 1. The lowest BCUT2D eigenvalue weighted by Crippen LogP contribution is -2.67. The molecule has 2 aromatic rings. The van der Waals surface area contributed by atoms with Crippen LogP contribution in [0.15, 0.2) is 39.8 Å². The Morgan fingerprint density at radius 3 is 2.78 bits per heavy atom. The summed E-state index contributed by atoms with van der Waals surface area (Å²) in [6.07, 6.45) is 4.14. The van der Waals surface area contributed by atoms with Gasteiger partial charge in [-0.05, 0) is 32.3 Å². The standard InChI is InChI=1S/C17H21NO4S/c1-2-21-15-11-14(17(15)8-5-9-17)18-23(19,20)16-10-12-6-3-4-7-13(12)22-16/h3-4,6-7,10,14-15,18H,2,5,8-9,11H2,1H3. The van der Waals surface area contributed by atoms with Gasteiger partial charge in [0.25, 0.3) is 10.0 Å². The minimum atomic E-state index is -3.64. The van der Waals surface area contributed by atoms with Crippen LogP contribution in [0.3, 0.4) is 0 Å². The normalized spacial score (nSPS) is 26.1. The van der Waals surface area contributed by atoms with Crippen molar-refractivity contribution >= 4 is 21.0 Å². The molecule has 4 rings (SSSR count). The second-order valence-electron chi connectivity index (χ2n) is 6.54. The first-order valence-electron chi connectivity index (χ1n) is 8.18. The average Bonchev–Trinajstić information content (AvgIpc) is 2.89. The van der Waals surface area contributed by atoms with Gasteiger partial charge in [0.15, 0.2) is 0 Å². The number of fused-ring (bicyclic) bond motifs is 1. The fourth-order valence-corrected chi connectivity index (χ4v) is 5.24. The smallest absolute Gasteiger partial charge is 0.274 e. The van der Waals surface area contributed by atoms with Gasteiger partial charge in [-0.1, -0.05) is 24.6 Å². The van der Waals surface area contributed by atoms with E-state index in [0.29, 0.717) is 12.2 Å². The van der Waals surface area contributed by atoms with Crippen molar-refractivity contribution in [2.45, 2.75) is 49.8 Å². The van der Waals surface area contributed by atoms with Gasteiger partial charge in [0.1, 0.15) is 5.58 Å². The molecule has 0 saturated heterocycles. The third-order valence-corrected chi connectivity index (χ3v) is 6.73. The number of furan rings is 1. The Hall–Kier alpha value is -1.37. The maximum atomic E-state index is 12.7. The SMILES string of the molecule is CCOC1CC(NS(=O)(=O)c2cc3ccccc3o2)C12CCC2. The van der Waals surface area contributed by atoms with Gasteiger partial charge < -0.3 is 9.15 Å². The zero-order valence-electron chi connectivity index (χ0n) is 13.1. The summed E-state index contributed by atoms with van der Waals surface area (Å²) >= 11 is 0. The third kappa shape index (κ3) is 2.31. The number of sulfonamides is 1. The molecule has 1 aromatic heterocycles. The van der Waals surface area contributed by atoms with Crippen LogP contribution in [0.2, 0.25) is 0 Å². The summed E-state index contributed by atoms with van der Waals surface area (Å²) in [5.41, 5.74) is 0.585. The van der Waals surface area contributed by atoms with E-state index in [1.54, 1.807) is 12.1 Å². The largest absolute Gasteiger partial charge is 0.443 e. The van der Waals surface area contributed by atoms with Crippen molar-refractivity contribution in [1.82, 2.24) is 4.72 Å². The van der Waals surface area contributed by atoms with Crippen molar-refractivity contribution < 1.29 is 17.6 Å². The molecule has 0 amide bonds. The lowest BCUT2D eigenvalue weighted by atomic mass is 9.51. The first kappa shape index (κ1) is 15.2. The Kier molecular flexibility index (Phi) is 3.51. The van der Waals surface area contributed by atoms with Gasteiger partial charge in [-0.25, -0.2) is 13.1 Å². The molecule has 5 nitrogen and oxygen atoms in total. The minimum Gasteiger partial charge on any atom is -0.443 e. The number of para-hydroxylation sites is 1. The molecule has 0 aliphatic heterocycles. The first-order valence-corrected chi connectivity index (χ1v) is 9.66. The molecular weight excluding hydrogens is 314 g/mol. The van der Waals surface area contributed by atoms with Crippen LogP contribution in [-0.4, -0.2) is 27.2 Å². The Bertz CT molecular complexity index is 789. The second-order valence-corrected chi connectivity index (χ2v) is 8.19. The zero-order chi connectivity index (χ0) is 16.1. The molecule has 2 unspecified atom stereocenters. The molecule has 124 valence electrons. The van der Waals surface area contributed by atoms with Crippen LogP contribution in [0, 0.1) is 5.41 Å². The summed E-state index contributed by atoms with van der Waals surface area (Å²) in [6.45, 7) is 2.66. The maximum absolute atomic E-state index is 12.7. The van der Waals surface area contributed by atoms with Crippen LogP contribution in [-0.2, 0) is 14.8 Å². The van der Waals surface area contributed by atoms with E-state index in [1.165, 1.54) is 0 Å². The van der Waals surface area contributed by atoms with E-state index >= 15 is 0 Å². The highest BCUT2D eigenvalue weighted by molar-refractivity contribution is 7.89. The molecule has 0 radical (unpaired) electrons. The van der Waals surface area contributed by atoms with Crippen LogP contribution in [0.4, 0.5) is 0 Å². The summed E-state index contributed by atoms with van der Waals surface area (Å²) in [5, 5.41) is 0.792. The van der Waals surface area contributed by atoms with Gasteiger partial charge in [-0.3, -0.25) is 0 Å². The topological polar surface area (TPSA) is 68.5 Å². The predicted octanol–water partition coefficient (Wildman–Crippen LogP) is 3.06. The Morgan fingerprint density at radius 1 is 1.35 bits per heavy atom. The number of ether oxygens (including phenoxy) is 1. The molecule has 1 heterocycles. The maximum Gasteiger partial charge on any atom is 0.274 e. The third-order valence-electron chi connectivity index (χ3n) is 5.40. The summed E-state index contributed by atoms with van der Waals surface area (Å²) in [5.74, 6) is 0. The van der Waals surface area contributed by atoms with Crippen molar-refractivity contribution in [3.05, 3.63) is 30.3 Å². The monoisotopic (exact) mass is 335 g/mol. The number of rotatable bonds is 5. The van der Waals surface area contributed by atoms with Crippen LogP contribution in [0.5, 0.6) is 0 Å². The molecule has 2 aliphatic carbocycles. The number of hydrogen-bond donors (Lipinski definition) is 1. The summed E-state index contributed by atoms with van der Waals surface area (Å²) in [7, 11) is -3.64. The van der Waals surface area contributed by atoms with E-state index in [-0.39, 0.29) is 22.7 Å². The summed E-state index contributed by atoms with van der Waals surface area (Å²) in [4.78, 5) is 0. The first-order chi connectivity index (χ1) is 11.0. The molecule has 2 saturated carbocycles. The second kappa shape index (κ2) is 5.33. The molecule has 6 heteroatoms. The van der Waals surface area contributed by atoms with Gasteiger partial charge in [-0.15, -0.1) is 0 Å². The van der Waals surface area contributed by atoms with E-state index in [2.05, 4.69) is 4.72 Å². The van der Waals surface area contributed by atoms with E-state index < -0.39 is 10.0 Å². The van der Waals surface area contributed by atoms with Gasteiger partial charge in [0.05, 0.1) is 6.10 Å². The Balaban J connectivity index is 1.56. The molecular formula is C17H21NO4S. The minimum absolute atomic E-state index is 0.00487. The molecule has 1 N–H and O–H groups in total. The van der Waals surface area contributed by atoms with Crippen molar-refractivity contribution in [3.63, 3.8) is 0 Å². The van der Waals surface area contributed by atoms with Gasteiger partial charge in [-0.2, -0.15) is 0 Å². The highest BCUT2D eigenvalue weighted by Crippen LogP contribution is 2.57. The summed E-state index contributed by atoms with van der Waals surface area (Å²) < 4.78 is 39.4. The molecule has 2 fully saturated rings. The van der Waals surface area contributed by atoms with Crippen molar-refractivity contribution in [1.29, 1.82) is 0 Å². The molecule has 0 bridgehead atoms. The molecule has 23 heavy (non-hydrogen) atoms. The quantitative estimate of drug-likeness (QED) is 0.912. The lowest BCUT2D eigenvalue weighted by molar-refractivity contribution is -0.167. The van der Waals surface area contributed by atoms with Gasteiger partial charge in [0, 0.05) is 29.5 Å². The van der Waals surface area contributed by atoms with Crippen molar-refractivity contribution in [2.24, 2.45) is 5.41 Å². The van der Waals surface area contributed by atoms with Gasteiger partial charge >= 0.3 is 0 Å². The van der Waals surface area contributed by atoms with E-state index in [0.717, 1.165) is 31.1 Å². The van der Waals surface area contributed by atoms with Crippen molar-refractivity contribution in [3.8, 4) is 0 Å². The van der Waals surface area contributed by atoms with E-state index in [1.807, 2.05) is 25.1 Å². The fraction of sp³-hybridized carbons (Fsp3) is 0.529. The molecule has 2 atom stereocenters. The van der Waals surface area contributed by atoms with Gasteiger partial charge in [0.2, 0.25) is 5.09 Å². The van der Waals surface area contributed by atoms with Crippen LogP contribution >= 0.6 is 0 Å². The van der Waals surface area contributed by atoms with E-state index in [4.69, 9.17) is 9.15 Å². The molecule has 1 spiro atoms. The van der Waals surface area contributed by atoms with Crippen LogP contribution < -0.4 is 4.72 Å². The molecule has 2 aliphatic rings. The Labute approximate surface area is 136 Å². The molecule has 1 aromatic carbocycles. The van der Waals surface area contributed by atoms with Crippen molar-refractivity contribution in [2.75, 3.05) is 6.61 Å². The Morgan fingerprint density at radius 2 is 2.13 bits per heavy atom.